The first-order valence-corrected chi connectivity index (χ1v) is 5.81. The van der Waals surface area contributed by atoms with E-state index in [9.17, 15) is 9.90 Å². The summed E-state index contributed by atoms with van der Waals surface area (Å²) in [5.41, 5.74) is 1.72. The Kier molecular flexibility index (Phi) is 3.33. The quantitative estimate of drug-likeness (QED) is 0.841. The number of hydrogen-bond acceptors (Lipinski definition) is 3. The maximum atomic E-state index is 11.4. The zero-order valence-electron chi connectivity index (χ0n) is 10.1. The van der Waals surface area contributed by atoms with Gasteiger partial charge in [-0.2, -0.15) is 0 Å². The summed E-state index contributed by atoms with van der Waals surface area (Å²) in [6.07, 6.45) is 0.438. The third kappa shape index (κ3) is 2.58. The Morgan fingerprint density at radius 1 is 1.53 bits per heavy atom. The van der Waals surface area contributed by atoms with Crippen LogP contribution in [-0.2, 0) is 4.79 Å². The summed E-state index contributed by atoms with van der Waals surface area (Å²) in [6, 6.07) is 5.56. The highest BCUT2D eigenvalue weighted by atomic mass is 16.5. The first kappa shape index (κ1) is 11.9. The average Bonchev–Trinajstić information content (AvgIpc) is 2.27. The second kappa shape index (κ2) is 4.75. The maximum absolute atomic E-state index is 11.4. The van der Waals surface area contributed by atoms with Gasteiger partial charge >= 0.3 is 0 Å². The van der Waals surface area contributed by atoms with Gasteiger partial charge in [-0.3, -0.25) is 4.79 Å². The lowest BCUT2D eigenvalue weighted by Crippen LogP contribution is -2.24. The number of ether oxygens (including phenoxy) is 1. The fraction of sp³-hybridized carbons (Fsp3) is 0.462. The first-order chi connectivity index (χ1) is 8.10. The molecule has 1 atom stereocenters. The lowest BCUT2D eigenvalue weighted by atomic mass is 9.91. The fourth-order valence-corrected chi connectivity index (χ4v) is 2.04. The SMILES string of the molecule is CC(C)Oc1ccc2c(c1)C(CO)CC(=O)N2. The van der Waals surface area contributed by atoms with Crippen molar-refractivity contribution < 1.29 is 14.6 Å². The number of hydrogen-bond donors (Lipinski definition) is 2. The molecule has 2 N–H and O–H groups in total. The first-order valence-electron chi connectivity index (χ1n) is 5.81. The predicted molar refractivity (Wildman–Crippen MR) is 65.3 cm³/mol. The van der Waals surface area contributed by atoms with E-state index < -0.39 is 0 Å². The summed E-state index contributed by atoms with van der Waals surface area (Å²) >= 11 is 0. The molecule has 0 saturated heterocycles. The highest BCUT2D eigenvalue weighted by Crippen LogP contribution is 2.34. The van der Waals surface area contributed by atoms with Crippen molar-refractivity contribution in [1.82, 2.24) is 0 Å². The number of carbonyl (C=O) groups is 1. The Labute approximate surface area is 101 Å². The Bertz CT molecular complexity index is 429. The van der Waals surface area contributed by atoms with Crippen LogP contribution in [0.25, 0.3) is 0 Å². The lowest BCUT2D eigenvalue weighted by Gasteiger charge is -2.25. The Morgan fingerprint density at radius 3 is 2.94 bits per heavy atom. The molecule has 0 aliphatic carbocycles. The van der Waals surface area contributed by atoms with Crippen molar-refractivity contribution in [2.75, 3.05) is 11.9 Å². The normalized spacial score (nSPS) is 18.8. The van der Waals surface area contributed by atoms with Crippen LogP contribution < -0.4 is 10.1 Å². The predicted octanol–water partition coefficient (Wildman–Crippen LogP) is 1.89. The molecule has 4 nitrogen and oxygen atoms in total. The molecule has 0 saturated carbocycles. The van der Waals surface area contributed by atoms with Crippen LogP contribution in [0, 0.1) is 0 Å². The standard InChI is InChI=1S/C13H17NO3/c1-8(2)17-10-3-4-12-11(6-10)9(7-15)5-13(16)14-12/h3-4,6,8-9,15H,5,7H2,1-2H3,(H,14,16). The molecule has 92 valence electrons. The van der Waals surface area contributed by atoms with Gasteiger partial charge in [-0.25, -0.2) is 0 Å². The highest BCUT2D eigenvalue weighted by molar-refractivity contribution is 5.94. The van der Waals surface area contributed by atoms with Crippen LogP contribution in [0.15, 0.2) is 18.2 Å². The van der Waals surface area contributed by atoms with Crippen LogP contribution in [0.1, 0.15) is 31.7 Å². The molecular weight excluding hydrogens is 218 g/mol. The topological polar surface area (TPSA) is 58.6 Å². The molecule has 0 fully saturated rings. The Balaban J connectivity index is 2.32. The number of aliphatic hydroxyl groups is 1. The number of nitrogens with one attached hydrogen (secondary N) is 1. The highest BCUT2D eigenvalue weighted by Gasteiger charge is 2.24. The van der Waals surface area contributed by atoms with E-state index in [0.717, 1.165) is 17.0 Å². The van der Waals surface area contributed by atoms with Crippen molar-refractivity contribution >= 4 is 11.6 Å². The minimum atomic E-state index is -0.130. The minimum Gasteiger partial charge on any atom is -0.491 e. The van der Waals surface area contributed by atoms with Crippen LogP contribution in [0.3, 0.4) is 0 Å². The van der Waals surface area contributed by atoms with Crippen molar-refractivity contribution in [2.24, 2.45) is 0 Å². The van der Waals surface area contributed by atoms with Crippen LogP contribution in [-0.4, -0.2) is 23.7 Å². The summed E-state index contributed by atoms with van der Waals surface area (Å²) in [6.45, 7) is 3.90. The summed E-state index contributed by atoms with van der Waals surface area (Å²) in [7, 11) is 0. The monoisotopic (exact) mass is 235 g/mol. The van der Waals surface area contributed by atoms with E-state index in [1.807, 2.05) is 32.0 Å². The summed E-state index contributed by atoms with van der Waals surface area (Å²) in [5, 5.41) is 12.1. The summed E-state index contributed by atoms with van der Waals surface area (Å²) in [5.74, 6) is 0.594. The van der Waals surface area contributed by atoms with E-state index in [1.54, 1.807) is 0 Å². The molecule has 1 amide bonds. The van der Waals surface area contributed by atoms with Gasteiger partial charge in [0.2, 0.25) is 5.91 Å². The lowest BCUT2D eigenvalue weighted by molar-refractivity contribution is -0.117. The number of aliphatic hydroxyl groups excluding tert-OH is 1. The van der Waals surface area contributed by atoms with Gasteiger partial charge in [0, 0.05) is 18.0 Å². The third-order valence-electron chi connectivity index (χ3n) is 2.76. The van der Waals surface area contributed by atoms with Crippen LogP contribution >= 0.6 is 0 Å². The van der Waals surface area contributed by atoms with Gasteiger partial charge in [0.1, 0.15) is 5.75 Å². The Morgan fingerprint density at radius 2 is 2.29 bits per heavy atom. The molecule has 4 heteroatoms. The van der Waals surface area contributed by atoms with Crippen LogP contribution in [0.4, 0.5) is 5.69 Å². The molecule has 0 aromatic heterocycles. The van der Waals surface area contributed by atoms with E-state index in [1.165, 1.54) is 0 Å². The van der Waals surface area contributed by atoms with Crippen molar-refractivity contribution in [3.63, 3.8) is 0 Å². The van der Waals surface area contributed by atoms with Gasteiger partial charge in [-0.1, -0.05) is 0 Å². The van der Waals surface area contributed by atoms with Crippen molar-refractivity contribution in [2.45, 2.75) is 32.3 Å². The zero-order chi connectivity index (χ0) is 12.4. The molecule has 1 aromatic rings. The van der Waals surface area contributed by atoms with Crippen LogP contribution in [0.2, 0.25) is 0 Å². The minimum absolute atomic E-state index is 0.0223. The number of fused-ring (bicyclic) bond motifs is 1. The number of rotatable bonds is 3. The molecule has 17 heavy (non-hydrogen) atoms. The summed E-state index contributed by atoms with van der Waals surface area (Å²) in [4.78, 5) is 11.4. The summed E-state index contributed by atoms with van der Waals surface area (Å²) < 4.78 is 5.61. The number of amides is 1. The van der Waals surface area contributed by atoms with Gasteiger partial charge < -0.3 is 15.2 Å². The van der Waals surface area contributed by atoms with Crippen molar-refractivity contribution in [3.8, 4) is 5.75 Å². The fourth-order valence-electron chi connectivity index (χ4n) is 2.04. The number of benzene rings is 1. The second-order valence-electron chi connectivity index (χ2n) is 4.55. The third-order valence-corrected chi connectivity index (χ3v) is 2.76. The molecular formula is C13H17NO3. The van der Waals surface area contributed by atoms with Gasteiger partial charge in [-0.15, -0.1) is 0 Å². The van der Waals surface area contributed by atoms with Crippen molar-refractivity contribution in [3.05, 3.63) is 23.8 Å². The molecule has 1 aliphatic heterocycles. The molecule has 2 rings (SSSR count). The maximum Gasteiger partial charge on any atom is 0.225 e. The molecule has 1 aliphatic rings. The van der Waals surface area contributed by atoms with E-state index in [0.29, 0.717) is 6.42 Å². The van der Waals surface area contributed by atoms with Gasteiger partial charge in [0.15, 0.2) is 0 Å². The number of anilines is 1. The zero-order valence-corrected chi connectivity index (χ0v) is 10.1. The van der Waals surface area contributed by atoms with E-state index in [-0.39, 0.29) is 24.5 Å². The molecule has 0 bridgehead atoms. The van der Waals surface area contributed by atoms with Gasteiger partial charge in [0.25, 0.3) is 0 Å². The molecule has 1 heterocycles. The van der Waals surface area contributed by atoms with Gasteiger partial charge in [0.05, 0.1) is 12.7 Å². The molecule has 0 spiro atoms. The van der Waals surface area contributed by atoms with Crippen molar-refractivity contribution in [1.29, 1.82) is 0 Å². The smallest absolute Gasteiger partial charge is 0.225 e. The largest absolute Gasteiger partial charge is 0.491 e. The van der Waals surface area contributed by atoms with Crippen LogP contribution in [0.5, 0.6) is 5.75 Å². The van der Waals surface area contributed by atoms with E-state index >= 15 is 0 Å². The van der Waals surface area contributed by atoms with E-state index in [4.69, 9.17) is 4.74 Å². The Hall–Kier alpha value is -1.55. The van der Waals surface area contributed by atoms with E-state index in [2.05, 4.69) is 5.32 Å². The number of carbonyl (C=O) groups excluding carboxylic acids is 1. The molecule has 0 radical (unpaired) electrons. The average molecular weight is 235 g/mol. The van der Waals surface area contributed by atoms with Gasteiger partial charge in [-0.05, 0) is 37.6 Å². The molecule has 1 aromatic carbocycles. The second-order valence-corrected chi connectivity index (χ2v) is 4.55. The molecule has 1 unspecified atom stereocenters.